The van der Waals surface area contributed by atoms with E-state index in [4.69, 9.17) is 14.7 Å². The Bertz CT molecular complexity index is 793. The van der Waals surface area contributed by atoms with Gasteiger partial charge >= 0.3 is 0 Å². The molecule has 1 heterocycles. The van der Waals surface area contributed by atoms with Crippen LogP contribution in [0.2, 0.25) is 0 Å². The zero-order chi connectivity index (χ0) is 18.9. The van der Waals surface area contributed by atoms with Crippen LogP contribution in [0, 0.1) is 11.3 Å². The highest BCUT2D eigenvalue weighted by Gasteiger charge is 2.10. The summed E-state index contributed by atoms with van der Waals surface area (Å²) in [4.78, 5) is 14.4. The number of benzene rings is 2. The molecule has 0 aromatic heterocycles. The lowest BCUT2D eigenvalue weighted by Crippen LogP contribution is -2.35. The molecule has 27 heavy (non-hydrogen) atoms. The van der Waals surface area contributed by atoms with Crippen LogP contribution in [0.25, 0.3) is 0 Å². The molecule has 0 radical (unpaired) electrons. The number of hydrogen-bond acceptors (Lipinski definition) is 5. The maximum absolute atomic E-state index is 12.0. The van der Waals surface area contributed by atoms with E-state index < -0.39 is 0 Å². The second-order valence-corrected chi connectivity index (χ2v) is 6.38. The Balaban J connectivity index is 1.42. The molecule has 6 nitrogen and oxygen atoms in total. The largest absolute Gasteiger partial charge is 0.482 e. The van der Waals surface area contributed by atoms with Gasteiger partial charge in [-0.05, 0) is 23.3 Å². The molecule has 0 saturated carbocycles. The lowest BCUT2D eigenvalue weighted by molar-refractivity contribution is -0.123. The first-order chi connectivity index (χ1) is 13.2. The zero-order valence-electron chi connectivity index (χ0n) is 15.2. The highest BCUT2D eigenvalue weighted by atomic mass is 16.5. The summed E-state index contributed by atoms with van der Waals surface area (Å²) in [6.07, 6.45) is 0. The van der Waals surface area contributed by atoms with Crippen molar-refractivity contribution in [1.82, 2.24) is 10.2 Å². The minimum atomic E-state index is -0.222. The number of nitrogens with zero attached hydrogens (tertiary/aromatic N) is 2. The van der Waals surface area contributed by atoms with Gasteiger partial charge in [-0.15, -0.1) is 0 Å². The summed E-state index contributed by atoms with van der Waals surface area (Å²) in [5.41, 5.74) is 2.70. The number of morpholine rings is 1. The summed E-state index contributed by atoms with van der Waals surface area (Å²) in [5, 5.41) is 11.9. The normalized spacial score (nSPS) is 14.3. The van der Waals surface area contributed by atoms with Gasteiger partial charge in [-0.3, -0.25) is 9.69 Å². The average Bonchev–Trinajstić information content (AvgIpc) is 2.72. The van der Waals surface area contributed by atoms with Crippen molar-refractivity contribution in [2.24, 2.45) is 0 Å². The molecule has 1 amide bonds. The molecule has 2 aromatic rings. The minimum absolute atomic E-state index is 0.117. The smallest absolute Gasteiger partial charge is 0.258 e. The van der Waals surface area contributed by atoms with E-state index in [1.54, 1.807) is 24.3 Å². The molecule has 1 aliphatic rings. The van der Waals surface area contributed by atoms with E-state index in [1.807, 2.05) is 18.2 Å². The predicted octanol–water partition coefficient (Wildman–Crippen LogP) is 2.09. The quantitative estimate of drug-likeness (QED) is 0.813. The van der Waals surface area contributed by atoms with Gasteiger partial charge < -0.3 is 14.8 Å². The van der Waals surface area contributed by atoms with E-state index in [0.29, 0.717) is 17.9 Å². The molecule has 0 spiro atoms. The number of amides is 1. The van der Waals surface area contributed by atoms with Crippen molar-refractivity contribution in [3.8, 4) is 11.8 Å². The zero-order valence-corrected chi connectivity index (χ0v) is 15.2. The molecule has 140 valence electrons. The van der Waals surface area contributed by atoms with Crippen LogP contribution < -0.4 is 10.1 Å². The Morgan fingerprint density at radius 2 is 1.81 bits per heavy atom. The van der Waals surface area contributed by atoms with Crippen molar-refractivity contribution in [1.29, 1.82) is 5.26 Å². The van der Waals surface area contributed by atoms with E-state index >= 15 is 0 Å². The van der Waals surface area contributed by atoms with Crippen molar-refractivity contribution in [2.45, 2.75) is 13.1 Å². The Morgan fingerprint density at radius 1 is 1.11 bits per heavy atom. The molecule has 0 unspecified atom stereocenters. The fourth-order valence-electron chi connectivity index (χ4n) is 2.86. The van der Waals surface area contributed by atoms with E-state index in [1.165, 1.54) is 5.56 Å². The van der Waals surface area contributed by atoms with Crippen molar-refractivity contribution in [2.75, 3.05) is 32.9 Å². The first kappa shape index (κ1) is 18.9. The topological polar surface area (TPSA) is 74.6 Å². The number of nitrogens with one attached hydrogen (secondary N) is 1. The minimum Gasteiger partial charge on any atom is -0.482 e. The van der Waals surface area contributed by atoms with Gasteiger partial charge in [0.15, 0.2) is 6.61 Å². The highest BCUT2D eigenvalue weighted by molar-refractivity contribution is 5.77. The molecule has 6 heteroatoms. The number of nitriles is 1. The third kappa shape index (κ3) is 5.81. The van der Waals surface area contributed by atoms with Crippen LogP contribution in [-0.2, 0) is 22.6 Å². The monoisotopic (exact) mass is 365 g/mol. The van der Waals surface area contributed by atoms with Gasteiger partial charge in [0.05, 0.1) is 18.8 Å². The predicted molar refractivity (Wildman–Crippen MR) is 101 cm³/mol. The van der Waals surface area contributed by atoms with Crippen LogP contribution in [-0.4, -0.2) is 43.7 Å². The summed E-state index contributed by atoms with van der Waals surface area (Å²) in [5.74, 6) is 0.197. The second kappa shape index (κ2) is 9.72. The van der Waals surface area contributed by atoms with Crippen LogP contribution >= 0.6 is 0 Å². The molecular weight excluding hydrogens is 342 g/mol. The highest BCUT2D eigenvalue weighted by Crippen LogP contribution is 2.16. The van der Waals surface area contributed by atoms with Gasteiger partial charge in [0.2, 0.25) is 0 Å². The molecule has 1 fully saturated rings. The first-order valence-corrected chi connectivity index (χ1v) is 9.01. The summed E-state index contributed by atoms with van der Waals surface area (Å²) < 4.78 is 10.8. The second-order valence-electron chi connectivity index (χ2n) is 6.38. The molecular formula is C21H23N3O3. The number of carbonyl (C=O) groups excluding carboxylic acids is 1. The lowest BCUT2D eigenvalue weighted by Gasteiger charge is -2.26. The molecule has 0 bridgehead atoms. The number of rotatable bonds is 7. The summed E-state index contributed by atoms with van der Waals surface area (Å²) in [6.45, 7) is 4.77. The molecule has 0 aliphatic carbocycles. The van der Waals surface area contributed by atoms with E-state index in [0.717, 1.165) is 38.4 Å². The number of carbonyl (C=O) groups is 1. The Kier molecular flexibility index (Phi) is 6.80. The van der Waals surface area contributed by atoms with Crippen LogP contribution in [0.15, 0.2) is 48.5 Å². The molecule has 1 saturated heterocycles. The van der Waals surface area contributed by atoms with Gasteiger partial charge in [-0.1, -0.05) is 36.4 Å². The van der Waals surface area contributed by atoms with Crippen molar-refractivity contribution in [3.63, 3.8) is 0 Å². The maximum atomic E-state index is 12.0. The van der Waals surface area contributed by atoms with E-state index in [-0.39, 0.29) is 12.5 Å². The van der Waals surface area contributed by atoms with E-state index in [2.05, 4.69) is 22.3 Å². The summed E-state index contributed by atoms with van der Waals surface area (Å²) >= 11 is 0. The molecule has 1 N–H and O–H groups in total. The van der Waals surface area contributed by atoms with Gasteiger partial charge in [0.1, 0.15) is 11.8 Å². The fourth-order valence-corrected chi connectivity index (χ4v) is 2.86. The number of para-hydroxylation sites is 1. The molecule has 2 aromatic carbocycles. The Morgan fingerprint density at radius 3 is 2.56 bits per heavy atom. The lowest BCUT2D eigenvalue weighted by atomic mass is 10.1. The third-order valence-corrected chi connectivity index (χ3v) is 4.39. The Labute approximate surface area is 159 Å². The van der Waals surface area contributed by atoms with Gasteiger partial charge in [-0.25, -0.2) is 0 Å². The van der Waals surface area contributed by atoms with Gasteiger partial charge in [-0.2, -0.15) is 5.26 Å². The summed E-state index contributed by atoms with van der Waals surface area (Å²) in [7, 11) is 0. The van der Waals surface area contributed by atoms with Crippen molar-refractivity contribution >= 4 is 5.91 Å². The Hall–Kier alpha value is -2.88. The third-order valence-electron chi connectivity index (χ3n) is 4.39. The van der Waals surface area contributed by atoms with Crippen LogP contribution in [0.4, 0.5) is 0 Å². The summed E-state index contributed by atoms with van der Waals surface area (Å²) in [6, 6.07) is 17.2. The molecule has 0 atom stereocenters. The maximum Gasteiger partial charge on any atom is 0.258 e. The average molecular weight is 365 g/mol. The fraction of sp³-hybridized carbons (Fsp3) is 0.333. The van der Waals surface area contributed by atoms with Crippen molar-refractivity contribution in [3.05, 3.63) is 65.2 Å². The van der Waals surface area contributed by atoms with Gasteiger partial charge in [0.25, 0.3) is 5.91 Å². The van der Waals surface area contributed by atoms with Gasteiger partial charge in [0, 0.05) is 26.2 Å². The van der Waals surface area contributed by atoms with Crippen LogP contribution in [0.5, 0.6) is 5.75 Å². The van der Waals surface area contributed by atoms with Crippen LogP contribution in [0.3, 0.4) is 0 Å². The molecule has 3 rings (SSSR count). The van der Waals surface area contributed by atoms with Crippen molar-refractivity contribution < 1.29 is 14.3 Å². The van der Waals surface area contributed by atoms with Crippen LogP contribution in [0.1, 0.15) is 16.7 Å². The number of ether oxygens (including phenoxy) is 2. The first-order valence-electron chi connectivity index (χ1n) is 9.01. The van der Waals surface area contributed by atoms with E-state index in [9.17, 15) is 4.79 Å². The number of hydrogen-bond donors (Lipinski definition) is 1. The SMILES string of the molecule is N#Cc1ccccc1OCC(=O)NCc1ccc(CN2CCOCC2)cc1. The standard InChI is InChI=1S/C21H23N3O3/c22-13-19-3-1-2-4-20(19)27-16-21(25)23-14-17-5-7-18(8-6-17)15-24-9-11-26-12-10-24/h1-8H,9-12,14-16H2,(H,23,25). The molecule has 1 aliphatic heterocycles.